The lowest BCUT2D eigenvalue weighted by Crippen LogP contribution is -2.37. The van der Waals surface area contributed by atoms with Crippen LogP contribution in [0.5, 0.6) is 0 Å². The van der Waals surface area contributed by atoms with Gasteiger partial charge in [0.2, 0.25) is 0 Å². The Balaban J connectivity index is 2.21. The maximum Gasteiger partial charge on any atom is 0.0595 e. The Kier molecular flexibility index (Phi) is 4.26. The van der Waals surface area contributed by atoms with Crippen molar-refractivity contribution in [2.24, 2.45) is 0 Å². The van der Waals surface area contributed by atoms with Crippen LogP contribution in [0.1, 0.15) is 12.8 Å². The van der Waals surface area contributed by atoms with Crippen LogP contribution in [0.4, 0.5) is 0 Å². The van der Waals surface area contributed by atoms with E-state index in [1.807, 2.05) is 0 Å². The molecule has 1 aliphatic heterocycles. The van der Waals surface area contributed by atoms with Gasteiger partial charge >= 0.3 is 0 Å². The quantitative estimate of drug-likeness (QED) is 0.740. The van der Waals surface area contributed by atoms with Gasteiger partial charge in [0.15, 0.2) is 0 Å². The van der Waals surface area contributed by atoms with E-state index in [0.717, 1.165) is 37.0 Å². The Bertz CT molecular complexity index is 153. The first kappa shape index (κ1) is 10.2. The van der Waals surface area contributed by atoms with E-state index in [9.17, 15) is 0 Å². The van der Waals surface area contributed by atoms with Crippen molar-refractivity contribution >= 4 is 15.9 Å². The molecule has 1 heterocycles. The highest BCUT2D eigenvalue weighted by Crippen LogP contribution is 2.14. The summed E-state index contributed by atoms with van der Waals surface area (Å²) in [5.41, 5.74) is 0. The smallest absolute Gasteiger partial charge is 0.0595 e. The fourth-order valence-electron chi connectivity index (χ4n) is 1.55. The molecule has 1 fully saturated rings. The molecule has 0 aliphatic carbocycles. The van der Waals surface area contributed by atoms with Crippen LogP contribution in [0.25, 0.3) is 0 Å². The molecular formula is C9H16BrNO. The minimum absolute atomic E-state index is 0.477. The predicted molar refractivity (Wildman–Crippen MR) is 54.5 cm³/mol. The van der Waals surface area contributed by atoms with E-state index in [-0.39, 0.29) is 0 Å². The molecule has 0 aromatic heterocycles. The minimum atomic E-state index is 0.477. The second kappa shape index (κ2) is 5.00. The number of rotatable bonds is 3. The largest absolute Gasteiger partial charge is 0.381 e. The molecule has 2 nitrogen and oxygen atoms in total. The van der Waals surface area contributed by atoms with Crippen molar-refractivity contribution in [3.63, 3.8) is 0 Å². The van der Waals surface area contributed by atoms with Gasteiger partial charge in [0.1, 0.15) is 0 Å². The zero-order chi connectivity index (χ0) is 8.97. The molecule has 0 N–H and O–H groups in total. The summed E-state index contributed by atoms with van der Waals surface area (Å²) in [7, 11) is 1.80. The maximum atomic E-state index is 5.28. The summed E-state index contributed by atoms with van der Waals surface area (Å²) in [4.78, 5) is 2.40. The fourth-order valence-corrected chi connectivity index (χ4v) is 1.90. The second-order valence-electron chi connectivity index (χ2n) is 3.23. The van der Waals surface area contributed by atoms with Crippen molar-refractivity contribution in [1.29, 1.82) is 0 Å². The number of hydrogen-bond acceptors (Lipinski definition) is 2. The minimum Gasteiger partial charge on any atom is -0.381 e. The monoisotopic (exact) mass is 233 g/mol. The lowest BCUT2D eigenvalue weighted by molar-refractivity contribution is 0.0443. The van der Waals surface area contributed by atoms with Gasteiger partial charge in [-0.1, -0.05) is 22.5 Å². The van der Waals surface area contributed by atoms with Crippen LogP contribution < -0.4 is 0 Å². The summed E-state index contributed by atoms with van der Waals surface area (Å²) >= 11 is 3.37. The Hall–Kier alpha value is 0.140. The number of ether oxygens (including phenoxy) is 1. The molecule has 0 atom stereocenters. The average Bonchev–Trinajstić information content (AvgIpc) is 2.05. The normalized spacial score (nSPS) is 21.2. The van der Waals surface area contributed by atoms with E-state index in [2.05, 4.69) is 27.4 Å². The van der Waals surface area contributed by atoms with Gasteiger partial charge in [0.25, 0.3) is 0 Å². The summed E-state index contributed by atoms with van der Waals surface area (Å²) in [5.74, 6) is 0. The van der Waals surface area contributed by atoms with Gasteiger partial charge in [-0.2, -0.15) is 0 Å². The Morgan fingerprint density at radius 1 is 1.58 bits per heavy atom. The van der Waals surface area contributed by atoms with Crippen LogP contribution in [-0.4, -0.2) is 37.7 Å². The fraction of sp³-hybridized carbons (Fsp3) is 0.778. The molecule has 0 radical (unpaired) electrons. The third-order valence-electron chi connectivity index (χ3n) is 2.26. The lowest BCUT2D eigenvalue weighted by Gasteiger charge is -2.30. The molecule has 70 valence electrons. The van der Waals surface area contributed by atoms with Gasteiger partial charge < -0.3 is 4.74 Å². The number of nitrogens with zero attached hydrogens (tertiary/aromatic N) is 1. The molecule has 3 heteroatoms. The molecule has 0 spiro atoms. The van der Waals surface area contributed by atoms with E-state index in [1.54, 1.807) is 7.11 Å². The van der Waals surface area contributed by atoms with E-state index in [0.29, 0.717) is 6.10 Å². The van der Waals surface area contributed by atoms with Crippen molar-refractivity contribution in [3.8, 4) is 0 Å². The van der Waals surface area contributed by atoms with Crippen LogP contribution in [0.3, 0.4) is 0 Å². The summed E-state index contributed by atoms with van der Waals surface area (Å²) in [5, 5.41) is 0. The molecule has 12 heavy (non-hydrogen) atoms. The second-order valence-corrected chi connectivity index (χ2v) is 4.35. The summed E-state index contributed by atoms with van der Waals surface area (Å²) in [6.45, 7) is 7.06. The van der Waals surface area contributed by atoms with Gasteiger partial charge in [-0.05, 0) is 12.8 Å². The molecule has 1 aliphatic rings. The number of piperidine rings is 1. The van der Waals surface area contributed by atoms with Crippen molar-refractivity contribution in [2.75, 3.05) is 26.7 Å². The topological polar surface area (TPSA) is 12.5 Å². The SMILES string of the molecule is C=C(Br)CN1CCC(OC)CC1. The number of methoxy groups -OCH3 is 1. The molecule has 0 aromatic rings. The van der Waals surface area contributed by atoms with Crippen molar-refractivity contribution in [2.45, 2.75) is 18.9 Å². The highest BCUT2D eigenvalue weighted by Gasteiger charge is 2.17. The van der Waals surface area contributed by atoms with Gasteiger partial charge in [0.05, 0.1) is 6.10 Å². The zero-order valence-corrected chi connectivity index (χ0v) is 9.14. The number of hydrogen-bond donors (Lipinski definition) is 0. The third-order valence-corrected chi connectivity index (χ3v) is 2.51. The number of likely N-dealkylation sites (tertiary alicyclic amines) is 1. The first-order valence-corrected chi connectivity index (χ1v) is 5.10. The van der Waals surface area contributed by atoms with Gasteiger partial charge in [-0.25, -0.2) is 0 Å². The van der Waals surface area contributed by atoms with Crippen LogP contribution in [0.2, 0.25) is 0 Å². The number of halogens is 1. The molecule has 0 amide bonds. The molecule has 0 saturated carbocycles. The standard InChI is InChI=1S/C9H16BrNO/c1-8(10)7-11-5-3-9(12-2)4-6-11/h9H,1,3-7H2,2H3. The summed E-state index contributed by atoms with van der Waals surface area (Å²) in [6, 6.07) is 0. The summed E-state index contributed by atoms with van der Waals surface area (Å²) < 4.78 is 6.35. The maximum absolute atomic E-state index is 5.28. The van der Waals surface area contributed by atoms with Crippen LogP contribution in [0, 0.1) is 0 Å². The van der Waals surface area contributed by atoms with E-state index >= 15 is 0 Å². The molecule has 0 bridgehead atoms. The average molecular weight is 234 g/mol. The predicted octanol–water partition coefficient (Wildman–Crippen LogP) is 2.01. The van der Waals surface area contributed by atoms with E-state index in [4.69, 9.17) is 4.74 Å². The van der Waals surface area contributed by atoms with E-state index in [1.165, 1.54) is 0 Å². The van der Waals surface area contributed by atoms with Crippen molar-refractivity contribution in [1.82, 2.24) is 4.90 Å². The molecular weight excluding hydrogens is 218 g/mol. The first-order valence-electron chi connectivity index (χ1n) is 4.31. The van der Waals surface area contributed by atoms with Gasteiger partial charge in [0, 0.05) is 31.2 Å². The third kappa shape index (κ3) is 3.25. The lowest BCUT2D eigenvalue weighted by atomic mass is 10.1. The highest BCUT2D eigenvalue weighted by atomic mass is 79.9. The van der Waals surface area contributed by atoms with Crippen LogP contribution in [0.15, 0.2) is 11.1 Å². The Morgan fingerprint density at radius 2 is 2.17 bits per heavy atom. The highest BCUT2D eigenvalue weighted by molar-refractivity contribution is 9.11. The van der Waals surface area contributed by atoms with Gasteiger partial charge in [-0.3, -0.25) is 4.90 Å². The van der Waals surface area contributed by atoms with Crippen LogP contribution >= 0.6 is 15.9 Å². The zero-order valence-electron chi connectivity index (χ0n) is 7.55. The Morgan fingerprint density at radius 3 is 2.58 bits per heavy atom. The van der Waals surface area contributed by atoms with Gasteiger partial charge in [-0.15, -0.1) is 0 Å². The molecule has 1 rings (SSSR count). The van der Waals surface area contributed by atoms with E-state index < -0.39 is 0 Å². The van der Waals surface area contributed by atoms with Crippen molar-refractivity contribution < 1.29 is 4.74 Å². The van der Waals surface area contributed by atoms with Crippen LogP contribution in [-0.2, 0) is 4.74 Å². The van der Waals surface area contributed by atoms with Crippen molar-refractivity contribution in [3.05, 3.63) is 11.1 Å². The summed E-state index contributed by atoms with van der Waals surface area (Å²) in [6.07, 6.45) is 2.78. The molecule has 0 unspecified atom stereocenters. The Labute approximate surface area is 82.7 Å². The molecule has 0 aromatic carbocycles. The molecule has 1 saturated heterocycles. The first-order chi connectivity index (χ1) is 5.72.